The summed E-state index contributed by atoms with van der Waals surface area (Å²) in [5, 5.41) is 9.93. The van der Waals surface area contributed by atoms with Gasteiger partial charge in [0, 0.05) is 0 Å². The zero-order valence-electron chi connectivity index (χ0n) is 5.41. The highest BCUT2D eigenvalue weighted by atomic mass is 79.9. The van der Waals surface area contributed by atoms with Crippen molar-refractivity contribution < 1.29 is 14.3 Å². The molecule has 0 aliphatic carbocycles. The summed E-state index contributed by atoms with van der Waals surface area (Å²) in [6.45, 7) is 0. The van der Waals surface area contributed by atoms with Gasteiger partial charge in [-0.2, -0.15) is 0 Å². The Labute approximate surface area is 71.5 Å². The predicted molar refractivity (Wildman–Crippen MR) is 40.4 cm³/mol. The highest BCUT2D eigenvalue weighted by Crippen LogP contribution is 2.14. The zero-order chi connectivity index (χ0) is 8.27. The van der Waals surface area contributed by atoms with E-state index in [0.29, 0.717) is 10.4 Å². The fourth-order valence-corrected chi connectivity index (χ4v) is 0.887. The molecule has 0 bridgehead atoms. The van der Waals surface area contributed by atoms with E-state index in [2.05, 4.69) is 15.9 Å². The molecular formula is C7H4BrO3-. The molecule has 0 fully saturated rings. The van der Waals surface area contributed by atoms with Gasteiger partial charge in [0.2, 0.25) is 0 Å². The third-order valence-electron chi connectivity index (χ3n) is 0.978. The molecule has 1 rings (SSSR count). The molecule has 0 unspecified atom stereocenters. The van der Waals surface area contributed by atoms with Crippen LogP contribution in [-0.4, -0.2) is 5.97 Å². The molecule has 4 heteroatoms. The molecule has 0 aliphatic rings. The van der Waals surface area contributed by atoms with Gasteiger partial charge in [0.25, 0.3) is 0 Å². The van der Waals surface area contributed by atoms with Crippen molar-refractivity contribution in [2.24, 2.45) is 0 Å². The van der Waals surface area contributed by atoms with Gasteiger partial charge >= 0.3 is 0 Å². The summed E-state index contributed by atoms with van der Waals surface area (Å²) in [5.74, 6) is -0.765. The highest BCUT2D eigenvalue weighted by molar-refractivity contribution is 9.10. The number of furan rings is 1. The van der Waals surface area contributed by atoms with Gasteiger partial charge in [-0.3, -0.25) is 0 Å². The van der Waals surface area contributed by atoms with E-state index in [4.69, 9.17) is 4.42 Å². The lowest BCUT2D eigenvalue weighted by molar-refractivity contribution is -0.297. The maximum absolute atomic E-state index is 9.93. The highest BCUT2D eigenvalue weighted by Gasteiger charge is 1.92. The van der Waals surface area contributed by atoms with Crippen LogP contribution in [0.4, 0.5) is 0 Å². The minimum Gasteiger partial charge on any atom is -0.545 e. The fourth-order valence-electron chi connectivity index (χ4n) is 0.568. The first-order chi connectivity index (χ1) is 5.18. The monoisotopic (exact) mass is 215 g/mol. The number of carboxylic acid groups (broad SMARTS) is 1. The number of rotatable bonds is 2. The van der Waals surface area contributed by atoms with E-state index in [1.54, 1.807) is 12.1 Å². The molecule has 58 valence electrons. The molecule has 0 aromatic carbocycles. The molecular weight excluding hydrogens is 212 g/mol. The second kappa shape index (κ2) is 3.39. The van der Waals surface area contributed by atoms with Crippen molar-refractivity contribution in [1.29, 1.82) is 0 Å². The van der Waals surface area contributed by atoms with Gasteiger partial charge in [-0.25, -0.2) is 0 Å². The average molecular weight is 216 g/mol. The zero-order valence-corrected chi connectivity index (χ0v) is 7.00. The average Bonchev–Trinajstić information content (AvgIpc) is 2.31. The van der Waals surface area contributed by atoms with Crippen LogP contribution in [-0.2, 0) is 4.79 Å². The van der Waals surface area contributed by atoms with Gasteiger partial charge in [0.1, 0.15) is 5.76 Å². The first-order valence-corrected chi connectivity index (χ1v) is 3.62. The second-order valence-electron chi connectivity index (χ2n) is 1.79. The quantitative estimate of drug-likeness (QED) is 0.687. The van der Waals surface area contributed by atoms with E-state index >= 15 is 0 Å². The topological polar surface area (TPSA) is 53.3 Å². The van der Waals surface area contributed by atoms with E-state index in [1.807, 2.05) is 0 Å². The number of aliphatic carboxylic acids is 1. The summed E-state index contributed by atoms with van der Waals surface area (Å²) >= 11 is 3.08. The normalized spacial score (nSPS) is 10.6. The van der Waals surface area contributed by atoms with Gasteiger partial charge in [0.05, 0.1) is 5.97 Å². The lowest BCUT2D eigenvalue weighted by Gasteiger charge is -1.87. The first kappa shape index (κ1) is 8.07. The lowest BCUT2D eigenvalue weighted by Crippen LogP contribution is -2.18. The summed E-state index contributed by atoms with van der Waals surface area (Å²) in [6, 6.07) is 3.32. The van der Waals surface area contributed by atoms with E-state index in [1.165, 1.54) is 6.08 Å². The Bertz CT molecular complexity index is 288. The number of carbonyl (C=O) groups is 1. The first-order valence-electron chi connectivity index (χ1n) is 2.83. The van der Waals surface area contributed by atoms with E-state index in [0.717, 1.165) is 6.08 Å². The number of carbonyl (C=O) groups excluding carboxylic acids is 1. The van der Waals surface area contributed by atoms with Gasteiger partial charge in [-0.1, -0.05) is 0 Å². The summed E-state index contributed by atoms with van der Waals surface area (Å²) in [4.78, 5) is 9.93. The fraction of sp³-hybridized carbons (Fsp3) is 0. The van der Waals surface area contributed by atoms with Crippen LogP contribution in [0.2, 0.25) is 0 Å². The third-order valence-corrected chi connectivity index (χ3v) is 1.40. The van der Waals surface area contributed by atoms with Gasteiger partial charge < -0.3 is 14.3 Å². The second-order valence-corrected chi connectivity index (χ2v) is 2.58. The standard InChI is InChI=1S/C7H5BrO3/c8-6-3-1-5(11-6)2-4-7(9)10/h1-4H,(H,9,10)/p-1/b4-2+. The molecule has 0 N–H and O–H groups in total. The number of carboxylic acids is 1. The van der Waals surface area contributed by atoms with Crippen molar-refractivity contribution in [2.45, 2.75) is 0 Å². The molecule has 0 saturated heterocycles. The number of hydrogen-bond acceptors (Lipinski definition) is 3. The van der Waals surface area contributed by atoms with E-state index in [-0.39, 0.29) is 0 Å². The molecule has 1 aromatic heterocycles. The van der Waals surface area contributed by atoms with Gasteiger partial charge in [-0.15, -0.1) is 0 Å². The Kier molecular flexibility index (Phi) is 2.48. The van der Waals surface area contributed by atoms with Crippen molar-refractivity contribution in [2.75, 3.05) is 0 Å². The molecule has 0 aliphatic heterocycles. The Morgan fingerprint density at radius 2 is 2.36 bits per heavy atom. The van der Waals surface area contributed by atoms with Crippen molar-refractivity contribution in [3.63, 3.8) is 0 Å². The smallest absolute Gasteiger partial charge is 0.169 e. The summed E-state index contributed by atoms with van der Waals surface area (Å²) in [6.07, 6.45) is 2.23. The van der Waals surface area contributed by atoms with Crippen molar-refractivity contribution in [1.82, 2.24) is 0 Å². The van der Waals surface area contributed by atoms with Crippen LogP contribution >= 0.6 is 15.9 Å². The Hall–Kier alpha value is -1.03. The molecule has 3 nitrogen and oxygen atoms in total. The minimum atomic E-state index is -1.24. The molecule has 0 amide bonds. The van der Waals surface area contributed by atoms with Crippen LogP contribution in [0.3, 0.4) is 0 Å². The Morgan fingerprint density at radius 1 is 1.64 bits per heavy atom. The van der Waals surface area contributed by atoms with Crippen molar-refractivity contribution in [3.8, 4) is 0 Å². The van der Waals surface area contributed by atoms with Crippen LogP contribution in [0.1, 0.15) is 5.76 Å². The van der Waals surface area contributed by atoms with Crippen LogP contribution in [0.25, 0.3) is 6.08 Å². The molecule has 0 radical (unpaired) electrons. The predicted octanol–water partition coefficient (Wildman–Crippen LogP) is 0.805. The van der Waals surface area contributed by atoms with Crippen molar-refractivity contribution >= 4 is 28.0 Å². The number of hydrogen-bond donors (Lipinski definition) is 0. The SMILES string of the molecule is O=C([O-])/C=C/c1ccc(Br)o1. The Balaban J connectivity index is 2.71. The Morgan fingerprint density at radius 3 is 2.82 bits per heavy atom. The third kappa shape index (κ3) is 2.59. The maximum atomic E-state index is 9.93. The molecule has 0 spiro atoms. The molecule has 1 heterocycles. The molecule has 0 saturated carbocycles. The van der Waals surface area contributed by atoms with E-state index in [9.17, 15) is 9.90 Å². The lowest BCUT2D eigenvalue weighted by atomic mass is 10.4. The summed E-state index contributed by atoms with van der Waals surface area (Å²) in [5.41, 5.74) is 0. The number of halogens is 1. The van der Waals surface area contributed by atoms with Crippen LogP contribution in [0, 0.1) is 0 Å². The van der Waals surface area contributed by atoms with Crippen molar-refractivity contribution in [3.05, 3.63) is 28.6 Å². The summed E-state index contributed by atoms with van der Waals surface area (Å²) < 4.78 is 5.54. The van der Waals surface area contributed by atoms with Crippen LogP contribution < -0.4 is 5.11 Å². The summed E-state index contributed by atoms with van der Waals surface area (Å²) in [7, 11) is 0. The molecule has 0 atom stereocenters. The minimum absolute atomic E-state index is 0.473. The van der Waals surface area contributed by atoms with E-state index < -0.39 is 5.97 Å². The molecule has 11 heavy (non-hydrogen) atoms. The van der Waals surface area contributed by atoms with Crippen LogP contribution in [0.5, 0.6) is 0 Å². The van der Waals surface area contributed by atoms with Gasteiger partial charge in [-0.05, 0) is 40.2 Å². The maximum Gasteiger partial charge on any atom is 0.169 e. The van der Waals surface area contributed by atoms with Crippen LogP contribution in [0.15, 0.2) is 27.3 Å². The van der Waals surface area contributed by atoms with Gasteiger partial charge in [0.15, 0.2) is 4.67 Å². The molecule has 1 aromatic rings. The largest absolute Gasteiger partial charge is 0.545 e.